The number of piperidine rings is 2. The molecule has 19 heteroatoms. The van der Waals surface area contributed by atoms with Crippen molar-refractivity contribution in [3.63, 3.8) is 0 Å². The maximum absolute atomic E-state index is 13.5. The number of aliphatic carboxylic acids is 2. The lowest BCUT2D eigenvalue weighted by Gasteiger charge is -2.30. The molecule has 0 unspecified atom stereocenters. The van der Waals surface area contributed by atoms with E-state index in [4.69, 9.17) is 66.1 Å². The van der Waals surface area contributed by atoms with Crippen molar-refractivity contribution in [2.75, 3.05) is 53.5 Å². The standard InChI is InChI=1S/C48H46Cl4N4O10S/c1-65-35-9-5-3-7-29(35)33-23-37(45(51)43(49)31(33)11-13-39(57)55-19-15-27(16-20-55)47(63)53-25-41(59)60)67-38-24-34(30-8-4-6-10-36(30)66-2)32(44(50)46(38)52)12-14-40(58)56-21-17-28(18-22-56)48(64)54-26-42(61)62/h3-14,23-24,27-28H,15-22,25-26H2,1-2H3,(H,53,63)(H,54,64)(H,59,60)(H,61,62)/b13-11+,14-12+. The maximum atomic E-state index is 13.5. The van der Waals surface area contributed by atoms with Crippen LogP contribution in [0.25, 0.3) is 34.4 Å². The number of hydrogen-bond acceptors (Lipinski definition) is 9. The molecule has 2 heterocycles. The molecular formula is C48H46Cl4N4O10S. The Morgan fingerprint density at radius 1 is 0.597 bits per heavy atom. The third-order valence-corrected chi connectivity index (χ3v) is 14.5. The third-order valence-electron chi connectivity index (χ3n) is 11.4. The van der Waals surface area contributed by atoms with Gasteiger partial charge in [0.2, 0.25) is 23.6 Å². The van der Waals surface area contributed by atoms with Gasteiger partial charge in [-0.05, 0) is 73.2 Å². The minimum atomic E-state index is -1.14. The third kappa shape index (κ3) is 12.4. The lowest BCUT2D eigenvalue weighted by Crippen LogP contribution is -2.43. The number of amides is 4. The fourth-order valence-corrected chi connectivity index (χ4v) is 10.0. The van der Waals surface area contributed by atoms with Gasteiger partial charge in [-0.1, -0.05) is 94.6 Å². The van der Waals surface area contributed by atoms with Crippen molar-refractivity contribution in [3.8, 4) is 33.8 Å². The van der Waals surface area contributed by atoms with Gasteiger partial charge in [-0.15, -0.1) is 0 Å². The Balaban J connectivity index is 1.32. The molecule has 4 N–H and O–H groups in total. The molecule has 0 saturated carbocycles. The van der Waals surface area contributed by atoms with Crippen molar-refractivity contribution < 1.29 is 48.5 Å². The van der Waals surface area contributed by atoms with E-state index in [9.17, 15) is 28.8 Å². The van der Waals surface area contributed by atoms with Crippen LogP contribution in [0.5, 0.6) is 11.5 Å². The minimum absolute atomic E-state index is 0.139. The fraction of sp³-hybridized carbons (Fsp3) is 0.292. The van der Waals surface area contributed by atoms with Crippen molar-refractivity contribution in [2.24, 2.45) is 11.8 Å². The van der Waals surface area contributed by atoms with Crippen LogP contribution in [-0.4, -0.2) is 109 Å². The Bertz CT molecular complexity index is 2450. The van der Waals surface area contributed by atoms with Crippen molar-refractivity contribution in [1.29, 1.82) is 0 Å². The van der Waals surface area contributed by atoms with E-state index in [1.54, 1.807) is 34.1 Å². The van der Waals surface area contributed by atoms with Crippen molar-refractivity contribution >= 4 is 106 Å². The highest BCUT2D eigenvalue weighted by Crippen LogP contribution is 2.50. The first-order chi connectivity index (χ1) is 32.1. The highest BCUT2D eigenvalue weighted by Gasteiger charge is 2.29. The van der Waals surface area contributed by atoms with Crippen LogP contribution in [0.4, 0.5) is 0 Å². The molecule has 4 amide bonds. The normalized spacial score (nSPS) is 14.6. The van der Waals surface area contributed by atoms with E-state index < -0.39 is 36.9 Å². The average Bonchev–Trinajstić information content (AvgIpc) is 3.34. The van der Waals surface area contributed by atoms with Gasteiger partial charge in [0, 0.05) is 82.2 Å². The first-order valence-corrected chi connectivity index (χ1v) is 23.4. The average molecular weight is 1010 g/mol. The number of carboxylic acid groups (broad SMARTS) is 2. The smallest absolute Gasteiger partial charge is 0.322 e. The van der Waals surface area contributed by atoms with Crippen LogP contribution in [0.1, 0.15) is 36.8 Å². The number of ether oxygens (including phenoxy) is 2. The zero-order valence-electron chi connectivity index (χ0n) is 36.3. The minimum Gasteiger partial charge on any atom is -0.496 e. The zero-order chi connectivity index (χ0) is 48.4. The molecular weight excluding hydrogens is 966 g/mol. The summed E-state index contributed by atoms with van der Waals surface area (Å²) in [5, 5.41) is 23.2. The monoisotopic (exact) mass is 1010 g/mol. The summed E-state index contributed by atoms with van der Waals surface area (Å²) in [5.41, 5.74) is 3.35. The summed E-state index contributed by atoms with van der Waals surface area (Å²) in [6.45, 7) is 0.232. The molecule has 6 rings (SSSR count). The summed E-state index contributed by atoms with van der Waals surface area (Å²) < 4.78 is 11.5. The maximum Gasteiger partial charge on any atom is 0.322 e. The van der Waals surface area contributed by atoms with Crippen LogP contribution < -0.4 is 20.1 Å². The Morgan fingerprint density at radius 3 is 1.30 bits per heavy atom. The van der Waals surface area contributed by atoms with E-state index in [-0.39, 0.29) is 43.7 Å². The second-order valence-electron chi connectivity index (χ2n) is 15.5. The molecule has 0 spiro atoms. The second-order valence-corrected chi connectivity index (χ2v) is 18.1. The van der Waals surface area contributed by atoms with Crippen molar-refractivity contribution in [2.45, 2.75) is 35.5 Å². The van der Waals surface area contributed by atoms with E-state index in [2.05, 4.69) is 10.6 Å². The van der Waals surface area contributed by atoms with Crippen LogP contribution in [0, 0.1) is 11.8 Å². The number of benzene rings is 4. The lowest BCUT2D eigenvalue weighted by molar-refractivity contribution is -0.139. The highest BCUT2D eigenvalue weighted by atomic mass is 35.5. The van der Waals surface area contributed by atoms with Crippen molar-refractivity contribution in [1.82, 2.24) is 20.4 Å². The van der Waals surface area contributed by atoms with Gasteiger partial charge in [-0.3, -0.25) is 28.8 Å². The first kappa shape index (κ1) is 50.7. The van der Waals surface area contributed by atoms with Crippen LogP contribution in [0.2, 0.25) is 20.1 Å². The molecule has 14 nitrogen and oxygen atoms in total. The summed E-state index contributed by atoms with van der Waals surface area (Å²) in [5.74, 6) is -3.39. The van der Waals surface area contributed by atoms with Crippen molar-refractivity contribution in [3.05, 3.63) is 104 Å². The molecule has 0 atom stereocenters. The van der Waals surface area contributed by atoms with E-state index in [1.807, 2.05) is 48.5 Å². The molecule has 4 aromatic carbocycles. The van der Waals surface area contributed by atoms with E-state index in [0.717, 1.165) is 0 Å². The molecule has 2 aliphatic heterocycles. The van der Waals surface area contributed by atoms with Gasteiger partial charge in [-0.25, -0.2) is 0 Å². The summed E-state index contributed by atoms with van der Waals surface area (Å²) in [4.78, 5) is 78.0. The largest absolute Gasteiger partial charge is 0.496 e. The molecule has 2 aliphatic rings. The number of para-hydroxylation sites is 2. The molecule has 0 bridgehead atoms. The Morgan fingerprint density at radius 2 is 0.955 bits per heavy atom. The Kier molecular flexibility index (Phi) is 17.7. The number of hydrogen-bond donors (Lipinski definition) is 4. The number of halogens is 4. The topological polar surface area (TPSA) is 192 Å². The van der Waals surface area contributed by atoms with Crippen LogP contribution in [0.15, 0.2) is 82.6 Å². The van der Waals surface area contributed by atoms with Crippen LogP contribution >= 0.6 is 58.2 Å². The number of carboxylic acids is 2. The molecule has 2 saturated heterocycles. The summed E-state index contributed by atoms with van der Waals surface area (Å²) >= 11 is 29.6. The summed E-state index contributed by atoms with van der Waals surface area (Å²) in [7, 11) is 3.08. The van der Waals surface area contributed by atoms with Gasteiger partial charge in [0.25, 0.3) is 0 Å². The number of nitrogens with zero attached hydrogens (tertiary/aromatic N) is 2. The zero-order valence-corrected chi connectivity index (χ0v) is 40.1. The molecule has 67 heavy (non-hydrogen) atoms. The SMILES string of the molecule is COc1ccccc1-c1cc(Sc2cc(-c3ccccc3OC)c(/C=C/C(=O)N3CCC(C(=O)NCC(=O)O)CC3)c(Cl)c2Cl)c(Cl)c(Cl)c1/C=C/C(=O)N1CCC(C(=O)NCC(=O)O)CC1. The number of methoxy groups -OCH3 is 2. The first-order valence-electron chi connectivity index (χ1n) is 21.0. The van der Waals surface area contributed by atoms with Crippen LogP contribution in [0.3, 0.4) is 0 Å². The molecule has 2 fully saturated rings. The summed E-state index contributed by atoms with van der Waals surface area (Å²) in [6.07, 6.45) is 7.46. The number of nitrogens with one attached hydrogen (secondary N) is 2. The van der Waals surface area contributed by atoms with Crippen LogP contribution in [-0.2, 0) is 28.8 Å². The van der Waals surface area contributed by atoms with Gasteiger partial charge in [-0.2, -0.15) is 0 Å². The second kappa shape index (κ2) is 23.3. The quantitative estimate of drug-likeness (QED) is 0.0786. The Hall–Kier alpha value is -5.71. The number of carbonyl (C=O) groups is 6. The molecule has 0 aromatic heterocycles. The highest BCUT2D eigenvalue weighted by molar-refractivity contribution is 7.99. The van der Waals surface area contributed by atoms with E-state index in [1.165, 1.54) is 38.1 Å². The van der Waals surface area contributed by atoms with Gasteiger partial charge < -0.3 is 40.1 Å². The summed E-state index contributed by atoms with van der Waals surface area (Å²) in [6, 6.07) is 18.2. The van der Waals surface area contributed by atoms with Gasteiger partial charge in [0.15, 0.2) is 0 Å². The van der Waals surface area contributed by atoms with E-state index in [0.29, 0.717) is 107 Å². The van der Waals surface area contributed by atoms with E-state index >= 15 is 0 Å². The Labute approximate surface area is 411 Å². The molecule has 0 aliphatic carbocycles. The van der Waals surface area contributed by atoms with Gasteiger partial charge in [0.05, 0.1) is 34.3 Å². The molecule has 0 radical (unpaired) electrons. The van der Waals surface area contributed by atoms with Gasteiger partial charge >= 0.3 is 11.9 Å². The number of likely N-dealkylation sites (tertiary alicyclic amines) is 2. The predicted octanol–water partition coefficient (Wildman–Crippen LogP) is 8.71. The predicted molar refractivity (Wildman–Crippen MR) is 259 cm³/mol. The molecule has 352 valence electrons. The fourth-order valence-electron chi connectivity index (χ4n) is 7.86. The lowest BCUT2D eigenvalue weighted by atomic mass is 9.95. The van der Waals surface area contributed by atoms with Gasteiger partial charge in [0.1, 0.15) is 24.6 Å². The number of carbonyl (C=O) groups excluding carboxylic acids is 4. The molecule has 4 aromatic rings. The number of rotatable bonds is 16.